The summed E-state index contributed by atoms with van der Waals surface area (Å²) < 4.78 is 24.5. The molecule has 70 heavy (non-hydrogen) atoms. The number of nitrogens with zero attached hydrogens (tertiary/aromatic N) is 2. The second kappa shape index (κ2) is 24.3. The Hall–Kier alpha value is -3.12. The fourth-order valence-corrected chi connectivity index (χ4v) is 16.5. The minimum Gasteiger partial charge on any atom is -0.470 e. The van der Waals surface area contributed by atoms with Crippen LogP contribution in [-0.4, -0.2) is 58.5 Å². The van der Waals surface area contributed by atoms with Gasteiger partial charge in [0.2, 0.25) is 0 Å². The summed E-state index contributed by atoms with van der Waals surface area (Å²) >= 11 is 4.23. The van der Waals surface area contributed by atoms with Crippen LogP contribution in [0.3, 0.4) is 0 Å². The van der Waals surface area contributed by atoms with E-state index in [1.807, 2.05) is 6.07 Å². The van der Waals surface area contributed by atoms with Gasteiger partial charge in [-0.25, -0.2) is 9.64 Å². The standard InChI is InChI=1S/C54H72N2O10S4/c1-8-31-10-14-33(15-11-31)35-18-22-37(23-19-35)47(57)65-41-43-44(68-51(67-43)39(30-55)49(59)63-28-26-53(3,4)61)42(46-45(41)69-52(70-46)40(56-7)50(60)64-29-27-54(5,6)62)66-48(58)38-24-20-36(21-25-38)34-16-12-32(9-2)13-17-34/h31-38,61-62H,8-29H2,1-6H3. The van der Waals surface area contributed by atoms with Gasteiger partial charge < -0.3 is 29.2 Å². The molecule has 4 fully saturated rings. The molecule has 0 aromatic heterocycles. The zero-order valence-electron chi connectivity index (χ0n) is 41.9. The molecule has 0 saturated heterocycles. The monoisotopic (exact) mass is 1040 g/mol. The predicted molar refractivity (Wildman–Crippen MR) is 274 cm³/mol. The van der Waals surface area contributed by atoms with Gasteiger partial charge in [-0.2, -0.15) is 5.26 Å². The van der Waals surface area contributed by atoms with Crippen LogP contribution in [0.15, 0.2) is 39.3 Å². The summed E-state index contributed by atoms with van der Waals surface area (Å²) in [5, 5.41) is 31.0. The minimum atomic E-state index is -1.10. The summed E-state index contributed by atoms with van der Waals surface area (Å²) in [5.74, 6) is 1.13. The highest BCUT2D eigenvalue weighted by Gasteiger charge is 2.44. The molecule has 0 atom stereocenters. The molecule has 0 radical (unpaired) electrons. The number of carbonyl (C=O) groups is 4. The number of thioether (sulfide) groups is 4. The number of hydrogen-bond acceptors (Lipinski definition) is 15. The SMILES string of the molecule is [C-]#[N+]C(C(=O)OCCC(C)(C)O)=C1Sc2c(OC(=O)C3CCC(C4CCC(CC)CC4)CC3)c3c(c(OC(=O)C4CCC(C5CCC(CC)CC5)CC4)c2S1)SC(=C(C#N)C(=O)OCCC(C)(C)O)S3. The van der Waals surface area contributed by atoms with Gasteiger partial charge in [-0.15, -0.1) is 0 Å². The topological polar surface area (TPSA) is 174 Å². The van der Waals surface area contributed by atoms with Crippen LogP contribution in [0.5, 0.6) is 11.5 Å². The average molecular weight is 1040 g/mol. The maximum atomic E-state index is 14.5. The maximum Gasteiger partial charge on any atom is 0.350 e. The molecule has 4 aliphatic carbocycles. The molecule has 2 N–H and O–H groups in total. The lowest BCUT2D eigenvalue weighted by molar-refractivity contribution is -0.142. The molecule has 4 saturated carbocycles. The van der Waals surface area contributed by atoms with Gasteiger partial charge in [-0.1, -0.05) is 99.4 Å². The van der Waals surface area contributed by atoms with E-state index in [1.165, 1.54) is 64.2 Å². The van der Waals surface area contributed by atoms with E-state index in [0.717, 1.165) is 84.6 Å². The zero-order chi connectivity index (χ0) is 50.3. The van der Waals surface area contributed by atoms with Crippen molar-refractivity contribution in [3.05, 3.63) is 31.2 Å². The second-order valence-electron chi connectivity index (χ2n) is 21.7. The molecule has 6 aliphatic rings. The van der Waals surface area contributed by atoms with Gasteiger partial charge in [0.15, 0.2) is 17.1 Å². The molecule has 382 valence electrons. The van der Waals surface area contributed by atoms with Gasteiger partial charge in [0, 0.05) is 12.8 Å². The van der Waals surface area contributed by atoms with Gasteiger partial charge in [-0.05, 0) is 140 Å². The van der Waals surface area contributed by atoms with Crippen molar-refractivity contribution in [1.82, 2.24) is 0 Å². The van der Waals surface area contributed by atoms with Crippen molar-refractivity contribution in [2.45, 2.75) is 201 Å². The molecule has 0 spiro atoms. The molecule has 0 bridgehead atoms. The van der Waals surface area contributed by atoms with E-state index in [0.29, 0.717) is 68.9 Å². The van der Waals surface area contributed by atoms with Gasteiger partial charge in [-0.3, -0.25) is 14.4 Å². The zero-order valence-corrected chi connectivity index (χ0v) is 45.1. The number of aliphatic hydroxyl groups is 2. The van der Waals surface area contributed by atoms with Crippen LogP contribution in [0.4, 0.5) is 0 Å². The Morgan fingerprint density at radius 1 is 0.586 bits per heavy atom. The summed E-state index contributed by atoms with van der Waals surface area (Å²) in [6, 6.07) is 2.02. The van der Waals surface area contributed by atoms with E-state index in [1.54, 1.807) is 27.7 Å². The van der Waals surface area contributed by atoms with Crippen molar-refractivity contribution in [2.75, 3.05) is 13.2 Å². The van der Waals surface area contributed by atoms with E-state index < -0.39 is 35.1 Å². The quantitative estimate of drug-likeness (QED) is 0.0526. The normalized spacial score (nSPS) is 26.8. The van der Waals surface area contributed by atoms with Crippen molar-refractivity contribution < 1.29 is 48.3 Å². The van der Waals surface area contributed by atoms with Crippen molar-refractivity contribution >= 4 is 70.9 Å². The van der Waals surface area contributed by atoms with Crippen molar-refractivity contribution in [1.29, 1.82) is 5.26 Å². The lowest BCUT2D eigenvalue weighted by atomic mass is 9.69. The Morgan fingerprint density at radius 2 is 0.929 bits per heavy atom. The number of nitriles is 1. The highest BCUT2D eigenvalue weighted by atomic mass is 32.2. The largest absolute Gasteiger partial charge is 0.470 e. The summed E-state index contributed by atoms with van der Waals surface area (Å²) in [6.45, 7) is 18.8. The van der Waals surface area contributed by atoms with Gasteiger partial charge in [0.25, 0.3) is 5.70 Å². The number of hydrogen-bond donors (Lipinski definition) is 2. The number of benzene rings is 1. The van der Waals surface area contributed by atoms with Crippen LogP contribution >= 0.6 is 47.0 Å². The fourth-order valence-electron chi connectivity index (χ4n) is 11.2. The molecule has 7 rings (SSSR count). The number of fused-ring (bicyclic) bond motifs is 2. The maximum absolute atomic E-state index is 14.5. The number of esters is 4. The first-order valence-electron chi connectivity index (χ1n) is 25.8. The fraction of sp³-hybridized carbons (Fsp3) is 0.704. The van der Waals surface area contributed by atoms with Crippen LogP contribution in [0, 0.1) is 65.2 Å². The number of rotatable bonds is 16. The Labute approximate surface area is 432 Å². The lowest BCUT2D eigenvalue weighted by Gasteiger charge is -2.37. The van der Waals surface area contributed by atoms with Crippen LogP contribution in [0.1, 0.15) is 170 Å². The van der Waals surface area contributed by atoms with E-state index in [9.17, 15) is 34.7 Å². The minimum absolute atomic E-state index is 0.120. The molecule has 0 unspecified atom stereocenters. The molecule has 2 aliphatic heterocycles. The van der Waals surface area contributed by atoms with Crippen LogP contribution in [0.2, 0.25) is 0 Å². The summed E-state index contributed by atoms with van der Waals surface area (Å²) in [7, 11) is 0. The van der Waals surface area contributed by atoms with Gasteiger partial charge >= 0.3 is 23.9 Å². The van der Waals surface area contributed by atoms with Crippen molar-refractivity contribution in [3.63, 3.8) is 0 Å². The first-order valence-corrected chi connectivity index (χ1v) is 29.1. The van der Waals surface area contributed by atoms with Crippen molar-refractivity contribution in [2.24, 2.45) is 47.3 Å². The highest BCUT2D eigenvalue weighted by Crippen LogP contribution is 2.69. The molecule has 1 aromatic carbocycles. The first-order chi connectivity index (χ1) is 33.4. The van der Waals surface area contributed by atoms with Gasteiger partial charge in [0.05, 0.1) is 70.9 Å². The molecule has 2 heterocycles. The van der Waals surface area contributed by atoms with Crippen LogP contribution in [-0.2, 0) is 28.7 Å². The van der Waals surface area contributed by atoms with E-state index in [2.05, 4.69) is 18.7 Å². The molecule has 1 aromatic rings. The summed E-state index contributed by atoms with van der Waals surface area (Å²) in [6.07, 6.45) is 19.3. The van der Waals surface area contributed by atoms with E-state index >= 15 is 0 Å². The number of ether oxygens (including phenoxy) is 4. The number of carbonyl (C=O) groups excluding carboxylic acids is 4. The Kier molecular flexibility index (Phi) is 19.0. The third-order valence-electron chi connectivity index (χ3n) is 15.8. The third kappa shape index (κ3) is 13.7. The summed E-state index contributed by atoms with van der Waals surface area (Å²) in [5.41, 5.74) is -2.77. The summed E-state index contributed by atoms with van der Waals surface area (Å²) in [4.78, 5) is 61.2. The molecule has 12 nitrogen and oxygen atoms in total. The molecule has 16 heteroatoms. The van der Waals surface area contributed by atoms with Crippen LogP contribution < -0.4 is 9.47 Å². The smallest absolute Gasteiger partial charge is 0.350 e. The lowest BCUT2D eigenvalue weighted by Crippen LogP contribution is -2.30. The second-order valence-corrected chi connectivity index (χ2v) is 26.3. The Bertz CT molecular complexity index is 2060. The van der Waals surface area contributed by atoms with Gasteiger partial charge in [0.1, 0.15) is 6.07 Å². The van der Waals surface area contributed by atoms with Crippen LogP contribution in [0.25, 0.3) is 4.85 Å². The first kappa shape index (κ1) is 54.6. The average Bonchev–Trinajstić information content (AvgIpc) is 3.98. The van der Waals surface area contributed by atoms with E-state index in [-0.39, 0.29) is 69.1 Å². The Balaban J connectivity index is 1.22. The van der Waals surface area contributed by atoms with E-state index in [4.69, 9.17) is 25.5 Å². The molecule has 0 amide bonds. The highest BCUT2D eigenvalue weighted by molar-refractivity contribution is 8.26. The van der Waals surface area contributed by atoms with Crippen molar-refractivity contribution in [3.8, 4) is 17.6 Å². The molecular weight excluding hydrogens is 965 g/mol. The third-order valence-corrected chi connectivity index (χ3v) is 21.0. The molecular formula is C54H72N2O10S4. The Morgan fingerprint density at radius 3 is 1.26 bits per heavy atom. The predicted octanol–water partition coefficient (Wildman–Crippen LogP) is 13.2.